The molecule has 0 aromatic heterocycles. The number of nitrogens with two attached hydrogens (primary N) is 1. The maximum Gasteiger partial charge on any atom is 0.236 e. The molecule has 0 aliphatic carbocycles. The summed E-state index contributed by atoms with van der Waals surface area (Å²) < 4.78 is 0. The zero-order chi connectivity index (χ0) is 17.8. The Labute approximate surface area is 153 Å². The number of hydrogen-bond acceptors (Lipinski definition) is 4. The molecule has 136 valence electrons. The first-order chi connectivity index (χ1) is 12.0. The molecule has 3 rings (SSSR count). The minimum atomic E-state index is -0.257. The Morgan fingerprint density at radius 3 is 2.60 bits per heavy atom. The van der Waals surface area contributed by atoms with Gasteiger partial charge in [-0.2, -0.15) is 0 Å². The van der Waals surface area contributed by atoms with Gasteiger partial charge < -0.3 is 15.5 Å². The van der Waals surface area contributed by atoms with Crippen molar-refractivity contribution in [2.24, 2.45) is 11.7 Å². The Hall–Kier alpha value is -1.79. The average molecular weight is 365 g/mol. The predicted molar refractivity (Wildman–Crippen MR) is 98.6 cm³/mol. The second kappa shape index (κ2) is 8.06. The molecule has 2 fully saturated rings. The summed E-state index contributed by atoms with van der Waals surface area (Å²) in [7, 11) is 0. The molecule has 2 N–H and O–H groups in total. The number of piperazine rings is 1. The number of benzene rings is 1. The van der Waals surface area contributed by atoms with Crippen LogP contribution < -0.4 is 10.6 Å². The van der Waals surface area contributed by atoms with Crippen LogP contribution >= 0.6 is 11.6 Å². The molecule has 0 bridgehead atoms. The molecule has 25 heavy (non-hydrogen) atoms. The summed E-state index contributed by atoms with van der Waals surface area (Å²) in [6.07, 6.45) is 1.75. The van der Waals surface area contributed by atoms with Crippen LogP contribution in [0.2, 0.25) is 5.02 Å². The van der Waals surface area contributed by atoms with Gasteiger partial charge in [0.1, 0.15) is 0 Å². The molecule has 2 aliphatic heterocycles. The topological polar surface area (TPSA) is 69.9 Å². The highest BCUT2D eigenvalue weighted by Crippen LogP contribution is 2.21. The quantitative estimate of drug-likeness (QED) is 0.871. The molecule has 7 heteroatoms. The summed E-state index contributed by atoms with van der Waals surface area (Å²) in [6, 6.07) is 7.81. The number of amides is 2. The Balaban J connectivity index is 1.49. The van der Waals surface area contributed by atoms with Crippen molar-refractivity contribution in [2.75, 3.05) is 50.7 Å². The van der Waals surface area contributed by atoms with Crippen LogP contribution in [0.4, 0.5) is 5.69 Å². The first-order valence-corrected chi connectivity index (χ1v) is 9.20. The van der Waals surface area contributed by atoms with E-state index in [0.29, 0.717) is 26.2 Å². The molecule has 2 saturated heterocycles. The Morgan fingerprint density at radius 1 is 1.16 bits per heavy atom. The number of hydrogen-bond donors (Lipinski definition) is 1. The Bertz CT molecular complexity index is 631. The second-order valence-electron chi connectivity index (χ2n) is 6.82. The van der Waals surface area contributed by atoms with Gasteiger partial charge >= 0.3 is 0 Å². The van der Waals surface area contributed by atoms with E-state index in [-0.39, 0.29) is 17.7 Å². The maximum atomic E-state index is 12.6. The molecule has 2 aliphatic rings. The van der Waals surface area contributed by atoms with Crippen LogP contribution in [0.3, 0.4) is 0 Å². The van der Waals surface area contributed by atoms with Crippen molar-refractivity contribution in [1.82, 2.24) is 9.80 Å². The largest absolute Gasteiger partial charge is 0.369 e. The minimum absolute atomic E-state index is 0.124. The highest BCUT2D eigenvalue weighted by molar-refractivity contribution is 6.30. The zero-order valence-corrected chi connectivity index (χ0v) is 15.1. The van der Waals surface area contributed by atoms with Gasteiger partial charge in [0.05, 0.1) is 12.5 Å². The van der Waals surface area contributed by atoms with Crippen molar-refractivity contribution in [1.29, 1.82) is 0 Å². The number of piperidine rings is 1. The molecule has 1 atom stereocenters. The monoisotopic (exact) mass is 364 g/mol. The van der Waals surface area contributed by atoms with E-state index in [1.54, 1.807) is 0 Å². The van der Waals surface area contributed by atoms with E-state index >= 15 is 0 Å². The van der Waals surface area contributed by atoms with Crippen molar-refractivity contribution in [3.63, 3.8) is 0 Å². The third-order valence-corrected chi connectivity index (χ3v) is 5.31. The normalized spacial score (nSPS) is 22.0. The highest BCUT2D eigenvalue weighted by Gasteiger charge is 2.27. The molecule has 1 aromatic carbocycles. The lowest BCUT2D eigenvalue weighted by Gasteiger charge is -2.38. The Kier molecular flexibility index (Phi) is 5.81. The van der Waals surface area contributed by atoms with Crippen LogP contribution in [-0.2, 0) is 9.59 Å². The van der Waals surface area contributed by atoms with E-state index in [9.17, 15) is 9.59 Å². The summed E-state index contributed by atoms with van der Waals surface area (Å²) in [5, 5.41) is 0.727. The zero-order valence-electron chi connectivity index (χ0n) is 14.4. The predicted octanol–water partition coefficient (Wildman–Crippen LogP) is 1.19. The van der Waals surface area contributed by atoms with Crippen LogP contribution in [0.1, 0.15) is 12.8 Å². The van der Waals surface area contributed by atoms with Crippen LogP contribution in [-0.4, -0.2) is 67.4 Å². The van der Waals surface area contributed by atoms with E-state index in [0.717, 1.165) is 43.2 Å². The van der Waals surface area contributed by atoms with Gasteiger partial charge in [0.2, 0.25) is 11.8 Å². The van der Waals surface area contributed by atoms with Gasteiger partial charge in [-0.3, -0.25) is 14.5 Å². The smallest absolute Gasteiger partial charge is 0.236 e. The first-order valence-electron chi connectivity index (χ1n) is 8.83. The van der Waals surface area contributed by atoms with E-state index in [4.69, 9.17) is 17.3 Å². The van der Waals surface area contributed by atoms with Gasteiger partial charge in [0.15, 0.2) is 0 Å². The van der Waals surface area contributed by atoms with Gasteiger partial charge in [-0.15, -0.1) is 0 Å². The molecular formula is C18H25ClN4O2. The van der Waals surface area contributed by atoms with Gasteiger partial charge in [-0.1, -0.05) is 17.7 Å². The van der Waals surface area contributed by atoms with Crippen molar-refractivity contribution in [3.8, 4) is 0 Å². The number of carbonyl (C=O) groups is 2. The molecular weight excluding hydrogens is 340 g/mol. The maximum absolute atomic E-state index is 12.6. The second-order valence-corrected chi connectivity index (χ2v) is 7.26. The van der Waals surface area contributed by atoms with E-state index in [2.05, 4.69) is 9.80 Å². The number of primary amides is 1. The average Bonchev–Trinajstić information content (AvgIpc) is 2.62. The standard InChI is InChI=1S/C18H25ClN4O2/c19-15-4-1-5-16(11-15)22-7-9-23(10-8-22)17(24)13-21-6-2-3-14(12-21)18(20)25/h1,4-5,11,14H,2-3,6-10,12-13H2,(H2,20,25)/t14-/m0/s1. The number of anilines is 1. The molecule has 0 saturated carbocycles. The van der Waals surface area contributed by atoms with Gasteiger partial charge in [0.25, 0.3) is 0 Å². The highest BCUT2D eigenvalue weighted by atomic mass is 35.5. The van der Waals surface area contributed by atoms with Crippen LogP contribution in [0.5, 0.6) is 0 Å². The lowest BCUT2D eigenvalue weighted by atomic mass is 9.97. The number of carbonyl (C=O) groups excluding carboxylic acids is 2. The number of halogens is 1. The molecule has 0 radical (unpaired) electrons. The molecule has 0 unspecified atom stereocenters. The molecule has 1 aromatic rings. The van der Waals surface area contributed by atoms with Crippen LogP contribution in [0.15, 0.2) is 24.3 Å². The SMILES string of the molecule is NC(=O)[C@H]1CCCN(CC(=O)N2CCN(c3cccc(Cl)c3)CC2)C1. The van der Waals surface area contributed by atoms with Crippen molar-refractivity contribution < 1.29 is 9.59 Å². The fraction of sp³-hybridized carbons (Fsp3) is 0.556. The fourth-order valence-corrected chi connectivity index (χ4v) is 3.79. The third kappa shape index (κ3) is 4.64. The lowest BCUT2D eigenvalue weighted by Crippen LogP contribution is -2.52. The van der Waals surface area contributed by atoms with Gasteiger partial charge in [-0.25, -0.2) is 0 Å². The Morgan fingerprint density at radius 2 is 1.92 bits per heavy atom. The molecule has 0 spiro atoms. The molecule has 2 amide bonds. The van der Waals surface area contributed by atoms with Crippen LogP contribution in [0, 0.1) is 5.92 Å². The lowest BCUT2D eigenvalue weighted by molar-refractivity contribution is -0.134. The summed E-state index contributed by atoms with van der Waals surface area (Å²) in [5.41, 5.74) is 6.51. The fourth-order valence-electron chi connectivity index (χ4n) is 3.61. The van der Waals surface area contributed by atoms with Crippen molar-refractivity contribution >= 4 is 29.1 Å². The summed E-state index contributed by atoms with van der Waals surface area (Å²) in [6.45, 7) is 4.85. The van der Waals surface area contributed by atoms with Crippen molar-refractivity contribution in [2.45, 2.75) is 12.8 Å². The van der Waals surface area contributed by atoms with Crippen LogP contribution in [0.25, 0.3) is 0 Å². The summed E-state index contributed by atoms with van der Waals surface area (Å²) in [5.74, 6) is -0.246. The molecule has 6 nitrogen and oxygen atoms in total. The molecule has 2 heterocycles. The minimum Gasteiger partial charge on any atom is -0.369 e. The first kappa shape index (κ1) is 18.0. The summed E-state index contributed by atoms with van der Waals surface area (Å²) >= 11 is 6.06. The third-order valence-electron chi connectivity index (χ3n) is 5.07. The van der Waals surface area contributed by atoms with E-state index in [1.807, 2.05) is 29.2 Å². The van der Waals surface area contributed by atoms with E-state index in [1.165, 1.54) is 0 Å². The number of likely N-dealkylation sites (tertiary alicyclic amines) is 1. The van der Waals surface area contributed by atoms with Crippen molar-refractivity contribution in [3.05, 3.63) is 29.3 Å². The number of nitrogens with zero attached hydrogens (tertiary/aromatic N) is 3. The van der Waals surface area contributed by atoms with E-state index < -0.39 is 0 Å². The summed E-state index contributed by atoms with van der Waals surface area (Å²) in [4.78, 5) is 30.2. The number of rotatable bonds is 4. The van der Waals surface area contributed by atoms with Gasteiger partial charge in [0, 0.05) is 43.4 Å². The van der Waals surface area contributed by atoms with Gasteiger partial charge in [-0.05, 0) is 37.6 Å².